The minimum absolute atomic E-state index is 0.359. The molecule has 2 rings (SSSR count). The summed E-state index contributed by atoms with van der Waals surface area (Å²) in [5.74, 6) is 0.561. The fraction of sp³-hybridized carbons (Fsp3) is 0.429. The van der Waals surface area contributed by atoms with Crippen LogP contribution in [-0.2, 0) is 17.9 Å². The van der Waals surface area contributed by atoms with E-state index in [-0.39, 0.29) is 0 Å². The molecule has 0 aromatic heterocycles. The van der Waals surface area contributed by atoms with Gasteiger partial charge in [-0.1, -0.05) is 74.5 Å². The molecule has 0 saturated heterocycles. The molecule has 0 aliphatic rings. The van der Waals surface area contributed by atoms with Crippen LogP contribution >= 0.6 is 0 Å². The SMILES string of the molecule is CC(C)CN(Cc1ccccc1)C[C@H](O)COCc1ccccc1. The Labute approximate surface area is 145 Å². The number of aliphatic hydroxyl groups is 1. The van der Waals surface area contributed by atoms with Crippen molar-refractivity contribution in [2.45, 2.75) is 33.1 Å². The lowest BCUT2D eigenvalue weighted by atomic mass is 10.1. The van der Waals surface area contributed by atoms with Crippen LogP contribution in [0.15, 0.2) is 60.7 Å². The van der Waals surface area contributed by atoms with E-state index in [0.717, 1.165) is 18.7 Å². The molecule has 0 unspecified atom stereocenters. The molecular formula is C21H29NO2. The standard InChI is InChI=1S/C21H29NO2/c1-18(2)13-22(14-19-9-5-3-6-10-19)15-21(23)17-24-16-20-11-7-4-8-12-20/h3-12,18,21,23H,13-17H2,1-2H3/t21-/m0/s1. The van der Waals surface area contributed by atoms with Crippen LogP contribution in [0.5, 0.6) is 0 Å². The highest BCUT2D eigenvalue weighted by atomic mass is 16.5. The fourth-order valence-electron chi connectivity index (χ4n) is 2.80. The number of hydrogen-bond donors (Lipinski definition) is 1. The van der Waals surface area contributed by atoms with Crippen molar-refractivity contribution in [2.75, 3.05) is 19.7 Å². The first-order valence-electron chi connectivity index (χ1n) is 8.69. The van der Waals surface area contributed by atoms with E-state index in [0.29, 0.717) is 25.7 Å². The first-order valence-corrected chi connectivity index (χ1v) is 8.69. The Bertz CT molecular complexity index is 557. The van der Waals surface area contributed by atoms with Gasteiger partial charge >= 0.3 is 0 Å². The van der Waals surface area contributed by atoms with E-state index in [1.54, 1.807) is 0 Å². The molecule has 0 radical (unpaired) electrons. The van der Waals surface area contributed by atoms with Crippen LogP contribution in [0, 0.1) is 5.92 Å². The van der Waals surface area contributed by atoms with Crippen molar-refractivity contribution in [3.05, 3.63) is 71.8 Å². The van der Waals surface area contributed by atoms with Crippen molar-refractivity contribution >= 4 is 0 Å². The Hall–Kier alpha value is -1.68. The summed E-state index contributed by atoms with van der Waals surface area (Å²) in [5, 5.41) is 10.3. The summed E-state index contributed by atoms with van der Waals surface area (Å²) in [7, 11) is 0. The lowest BCUT2D eigenvalue weighted by Gasteiger charge is -2.26. The molecule has 1 N–H and O–H groups in total. The van der Waals surface area contributed by atoms with Gasteiger partial charge in [0.15, 0.2) is 0 Å². The fourth-order valence-corrected chi connectivity index (χ4v) is 2.80. The first-order chi connectivity index (χ1) is 11.6. The molecule has 1 atom stereocenters. The van der Waals surface area contributed by atoms with Crippen LogP contribution in [0.1, 0.15) is 25.0 Å². The maximum Gasteiger partial charge on any atom is 0.0900 e. The predicted octanol–water partition coefficient (Wildman–Crippen LogP) is 3.72. The molecule has 0 aliphatic heterocycles. The Morgan fingerprint density at radius 2 is 1.46 bits per heavy atom. The number of rotatable bonds is 10. The summed E-state index contributed by atoms with van der Waals surface area (Å²) in [6.07, 6.45) is -0.476. The van der Waals surface area contributed by atoms with E-state index in [1.165, 1.54) is 5.56 Å². The topological polar surface area (TPSA) is 32.7 Å². The lowest BCUT2D eigenvalue weighted by molar-refractivity contribution is 0.00678. The number of hydrogen-bond acceptors (Lipinski definition) is 3. The minimum Gasteiger partial charge on any atom is -0.389 e. The summed E-state index contributed by atoms with van der Waals surface area (Å²) < 4.78 is 5.66. The summed E-state index contributed by atoms with van der Waals surface area (Å²) in [4.78, 5) is 2.30. The number of nitrogens with zero attached hydrogens (tertiary/aromatic N) is 1. The van der Waals surface area contributed by atoms with E-state index < -0.39 is 6.10 Å². The van der Waals surface area contributed by atoms with Crippen LogP contribution in [-0.4, -0.2) is 35.8 Å². The highest BCUT2D eigenvalue weighted by molar-refractivity contribution is 5.14. The van der Waals surface area contributed by atoms with Gasteiger partial charge in [0.1, 0.15) is 0 Å². The van der Waals surface area contributed by atoms with Crippen LogP contribution in [0.2, 0.25) is 0 Å². The van der Waals surface area contributed by atoms with E-state index in [9.17, 15) is 5.11 Å². The quantitative estimate of drug-likeness (QED) is 0.722. The minimum atomic E-state index is -0.476. The zero-order chi connectivity index (χ0) is 17.2. The molecule has 0 spiro atoms. The molecule has 0 fully saturated rings. The highest BCUT2D eigenvalue weighted by Gasteiger charge is 2.14. The number of benzene rings is 2. The second-order valence-corrected chi connectivity index (χ2v) is 6.73. The monoisotopic (exact) mass is 327 g/mol. The summed E-state index contributed by atoms with van der Waals surface area (Å²) in [6, 6.07) is 20.5. The van der Waals surface area contributed by atoms with Gasteiger partial charge in [-0.25, -0.2) is 0 Å². The molecule has 3 heteroatoms. The van der Waals surface area contributed by atoms with Gasteiger partial charge in [-0.3, -0.25) is 4.90 Å². The molecule has 0 heterocycles. The zero-order valence-electron chi connectivity index (χ0n) is 14.8. The first kappa shape index (κ1) is 18.7. The molecule has 2 aromatic carbocycles. The van der Waals surface area contributed by atoms with Crippen molar-refractivity contribution in [3.8, 4) is 0 Å². The smallest absolute Gasteiger partial charge is 0.0900 e. The van der Waals surface area contributed by atoms with Gasteiger partial charge < -0.3 is 9.84 Å². The van der Waals surface area contributed by atoms with Gasteiger partial charge in [-0.2, -0.15) is 0 Å². The van der Waals surface area contributed by atoms with Gasteiger partial charge in [0.25, 0.3) is 0 Å². The maximum atomic E-state index is 10.3. The number of aliphatic hydroxyl groups excluding tert-OH is 1. The largest absolute Gasteiger partial charge is 0.389 e. The normalized spacial score (nSPS) is 12.7. The van der Waals surface area contributed by atoms with Crippen molar-refractivity contribution in [2.24, 2.45) is 5.92 Å². The average molecular weight is 327 g/mol. The van der Waals surface area contributed by atoms with Crippen LogP contribution in [0.4, 0.5) is 0 Å². The van der Waals surface area contributed by atoms with Gasteiger partial charge in [0.2, 0.25) is 0 Å². The van der Waals surface area contributed by atoms with E-state index in [2.05, 4.69) is 43.0 Å². The molecule has 24 heavy (non-hydrogen) atoms. The van der Waals surface area contributed by atoms with Crippen molar-refractivity contribution in [1.82, 2.24) is 4.90 Å². The zero-order valence-corrected chi connectivity index (χ0v) is 14.8. The Kier molecular flexibility index (Phi) is 7.96. The molecule has 3 nitrogen and oxygen atoms in total. The molecule has 130 valence electrons. The second kappa shape index (κ2) is 10.2. The molecular weight excluding hydrogens is 298 g/mol. The van der Waals surface area contributed by atoms with Crippen molar-refractivity contribution in [3.63, 3.8) is 0 Å². The molecule has 2 aromatic rings. The predicted molar refractivity (Wildman–Crippen MR) is 98.7 cm³/mol. The summed E-state index contributed by atoms with van der Waals surface area (Å²) in [5.41, 5.74) is 2.41. The van der Waals surface area contributed by atoms with Crippen LogP contribution < -0.4 is 0 Å². The third kappa shape index (κ3) is 7.26. The van der Waals surface area contributed by atoms with E-state index >= 15 is 0 Å². The molecule has 0 bridgehead atoms. The van der Waals surface area contributed by atoms with Gasteiger partial charge in [-0.05, 0) is 17.0 Å². The molecule has 0 amide bonds. The van der Waals surface area contributed by atoms with Crippen LogP contribution in [0.25, 0.3) is 0 Å². The average Bonchev–Trinajstić information content (AvgIpc) is 2.56. The second-order valence-electron chi connectivity index (χ2n) is 6.73. The summed E-state index contributed by atoms with van der Waals surface area (Å²) in [6.45, 7) is 7.76. The molecule has 0 aliphatic carbocycles. The van der Waals surface area contributed by atoms with Crippen LogP contribution in [0.3, 0.4) is 0 Å². The van der Waals surface area contributed by atoms with Crippen molar-refractivity contribution < 1.29 is 9.84 Å². The Balaban J connectivity index is 1.79. The number of ether oxygens (including phenoxy) is 1. The highest BCUT2D eigenvalue weighted by Crippen LogP contribution is 2.09. The van der Waals surface area contributed by atoms with Gasteiger partial charge in [0.05, 0.1) is 19.3 Å². The van der Waals surface area contributed by atoms with Crippen molar-refractivity contribution in [1.29, 1.82) is 0 Å². The van der Waals surface area contributed by atoms with E-state index in [4.69, 9.17) is 4.74 Å². The lowest BCUT2D eigenvalue weighted by Crippen LogP contribution is -2.36. The van der Waals surface area contributed by atoms with Gasteiger partial charge in [-0.15, -0.1) is 0 Å². The Morgan fingerprint density at radius 1 is 0.875 bits per heavy atom. The summed E-state index contributed by atoms with van der Waals surface area (Å²) >= 11 is 0. The maximum absolute atomic E-state index is 10.3. The van der Waals surface area contributed by atoms with Gasteiger partial charge in [0, 0.05) is 19.6 Å². The third-order valence-corrected chi connectivity index (χ3v) is 3.76. The van der Waals surface area contributed by atoms with E-state index in [1.807, 2.05) is 36.4 Å². The third-order valence-electron chi connectivity index (χ3n) is 3.76. The molecule has 0 saturated carbocycles. The Morgan fingerprint density at radius 3 is 2.04 bits per heavy atom.